The Morgan fingerprint density at radius 3 is 2.40 bits per heavy atom. The largest absolute Gasteiger partial charge is 0.416 e. The molecule has 2 aliphatic carbocycles. The van der Waals surface area contributed by atoms with Crippen molar-refractivity contribution >= 4 is 5.91 Å². The summed E-state index contributed by atoms with van der Waals surface area (Å²) >= 11 is 0. The second-order valence-corrected chi connectivity index (χ2v) is 9.90. The summed E-state index contributed by atoms with van der Waals surface area (Å²) in [6, 6.07) is 5.31. The van der Waals surface area contributed by atoms with Crippen molar-refractivity contribution < 1.29 is 22.7 Å². The maximum Gasteiger partial charge on any atom is 0.416 e. The molecule has 3 fully saturated rings. The number of hydrogen-bond acceptors (Lipinski definition) is 2. The molecule has 3 nitrogen and oxygen atoms in total. The van der Waals surface area contributed by atoms with Crippen molar-refractivity contribution in [2.24, 2.45) is 17.8 Å². The molecule has 166 valence electrons. The molecule has 1 N–H and O–H groups in total. The summed E-state index contributed by atoms with van der Waals surface area (Å²) < 4.78 is 45.3. The molecule has 3 aliphatic rings. The van der Waals surface area contributed by atoms with Gasteiger partial charge in [-0.15, -0.1) is 0 Å². The number of ether oxygens (including phenoxy) is 1. The second kappa shape index (κ2) is 8.18. The molecule has 0 unspecified atom stereocenters. The molecule has 2 saturated carbocycles. The number of carbonyl (C=O) groups excluding carboxylic acids is 1. The van der Waals surface area contributed by atoms with Gasteiger partial charge in [-0.05, 0) is 56.2 Å². The number of hydrogen-bond donors (Lipinski definition) is 1. The van der Waals surface area contributed by atoms with E-state index in [4.69, 9.17) is 4.74 Å². The minimum absolute atomic E-state index is 0.0173. The number of fused-ring (bicyclic) bond motifs is 1. The van der Waals surface area contributed by atoms with Gasteiger partial charge in [-0.2, -0.15) is 13.2 Å². The van der Waals surface area contributed by atoms with Crippen LogP contribution in [0.15, 0.2) is 24.3 Å². The molecule has 30 heavy (non-hydrogen) atoms. The van der Waals surface area contributed by atoms with Gasteiger partial charge in [0.1, 0.15) is 0 Å². The smallest absolute Gasteiger partial charge is 0.370 e. The van der Waals surface area contributed by atoms with Gasteiger partial charge in [0.15, 0.2) is 0 Å². The number of benzene rings is 1. The van der Waals surface area contributed by atoms with Crippen molar-refractivity contribution in [3.05, 3.63) is 35.4 Å². The Kier molecular flexibility index (Phi) is 5.90. The number of nitrogens with one attached hydrogen (secondary N) is 1. The van der Waals surface area contributed by atoms with Gasteiger partial charge < -0.3 is 10.1 Å². The van der Waals surface area contributed by atoms with Crippen LogP contribution in [0.2, 0.25) is 0 Å². The topological polar surface area (TPSA) is 38.3 Å². The van der Waals surface area contributed by atoms with E-state index in [9.17, 15) is 18.0 Å². The summed E-state index contributed by atoms with van der Waals surface area (Å²) in [4.78, 5) is 13.0. The van der Waals surface area contributed by atoms with Gasteiger partial charge in [0.2, 0.25) is 5.91 Å². The van der Waals surface area contributed by atoms with Gasteiger partial charge in [-0.25, -0.2) is 0 Å². The lowest BCUT2D eigenvalue weighted by atomic mass is 9.66. The Labute approximate surface area is 176 Å². The first-order valence-corrected chi connectivity index (χ1v) is 11.3. The van der Waals surface area contributed by atoms with E-state index in [1.807, 2.05) is 0 Å². The van der Waals surface area contributed by atoms with Gasteiger partial charge in [0.05, 0.1) is 17.8 Å². The minimum Gasteiger partial charge on any atom is -0.370 e. The molecule has 6 heteroatoms. The maximum absolute atomic E-state index is 13.0. The van der Waals surface area contributed by atoms with E-state index < -0.39 is 17.3 Å². The second-order valence-electron chi connectivity index (χ2n) is 9.90. The quantitative estimate of drug-likeness (QED) is 0.644. The first kappa shape index (κ1) is 21.7. The first-order valence-electron chi connectivity index (χ1n) is 11.3. The molecule has 1 heterocycles. The number of amides is 1. The zero-order valence-electron chi connectivity index (χ0n) is 17.8. The highest BCUT2D eigenvalue weighted by Crippen LogP contribution is 2.48. The fraction of sp³-hybridized carbons (Fsp3) is 0.708. The van der Waals surface area contributed by atoms with E-state index in [0.717, 1.165) is 62.6 Å². The van der Waals surface area contributed by atoms with Crippen LogP contribution in [-0.4, -0.2) is 17.6 Å². The third-order valence-electron chi connectivity index (χ3n) is 7.57. The fourth-order valence-corrected chi connectivity index (χ4v) is 5.80. The monoisotopic (exact) mass is 423 g/mol. The van der Waals surface area contributed by atoms with Crippen LogP contribution in [0, 0.1) is 17.8 Å². The number of alkyl halides is 3. The van der Waals surface area contributed by atoms with Crippen molar-refractivity contribution in [2.45, 2.75) is 89.1 Å². The van der Waals surface area contributed by atoms with Crippen molar-refractivity contribution in [1.29, 1.82) is 0 Å². The van der Waals surface area contributed by atoms with Crippen molar-refractivity contribution in [3.8, 4) is 0 Å². The lowest BCUT2D eigenvalue weighted by Crippen LogP contribution is -2.61. The summed E-state index contributed by atoms with van der Waals surface area (Å²) in [5.41, 5.74) is -0.305. The number of rotatable bonds is 3. The van der Waals surface area contributed by atoms with Gasteiger partial charge in [-0.3, -0.25) is 4.79 Å². The lowest BCUT2D eigenvalue weighted by Gasteiger charge is -2.52. The summed E-state index contributed by atoms with van der Waals surface area (Å²) in [5, 5.41) is 3.39. The average Bonchev–Trinajstić information content (AvgIpc) is 3.22. The SMILES string of the molecule is C[C@H]1CC[C@H]2[C@H](C1)O[C@H](c1ccc(C(F)(F)F)cc1)C[C@]2(C)NC(=O)C1CCCC1. The molecule has 0 spiro atoms. The molecule has 1 aromatic carbocycles. The summed E-state index contributed by atoms with van der Waals surface area (Å²) in [6.45, 7) is 4.34. The van der Waals surface area contributed by atoms with Crippen LogP contribution in [0.25, 0.3) is 0 Å². The molecular formula is C24H32F3NO2. The van der Waals surface area contributed by atoms with Crippen LogP contribution in [0.4, 0.5) is 13.2 Å². The Balaban J connectivity index is 1.57. The Hall–Kier alpha value is -1.56. The fourth-order valence-electron chi connectivity index (χ4n) is 5.80. The van der Waals surface area contributed by atoms with Gasteiger partial charge >= 0.3 is 6.18 Å². The average molecular weight is 424 g/mol. The molecule has 1 aliphatic heterocycles. The Morgan fingerprint density at radius 1 is 1.10 bits per heavy atom. The standard InChI is InChI=1S/C24H32F3NO2/c1-15-7-12-19-20(13-15)30-21(16-8-10-18(11-9-16)24(25,26)27)14-23(19,2)28-22(29)17-5-3-4-6-17/h8-11,15,17,19-21H,3-7,12-14H2,1-2H3,(H,28,29)/t15-,19-,20-,21-,23-/m0/s1. The summed E-state index contributed by atoms with van der Waals surface area (Å²) in [5.74, 6) is 1.02. The van der Waals surface area contributed by atoms with Crippen LogP contribution in [0.5, 0.6) is 0 Å². The molecule has 1 amide bonds. The van der Waals surface area contributed by atoms with Gasteiger partial charge in [0.25, 0.3) is 0 Å². The maximum atomic E-state index is 13.0. The summed E-state index contributed by atoms with van der Waals surface area (Å²) in [6.07, 6.45) is 3.11. The molecule has 0 aromatic heterocycles. The molecule has 1 aromatic rings. The zero-order chi connectivity index (χ0) is 21.5. The van der Waals surface area contributed by atoms with Crippen LogP contribution in [0.1, 0.15) is 82.4 Å². The van der Waals surface area contributed by atoms with Gasteiger partial charge in [0, 0.05) is 23.8 Å². The number of halogens is 3. The highest BCUT2D eigenvalue weighted by atomic mass is 19.4. The van der Waals surface area contributed by atoms with E-state index in [1.165, 1.54) is 12.1 Å². The molecular weight excluding hydrogens is 391 g/mol. The van der Waals surface area contributed by atoms with Crippen LogP contribution in [-0.2, 0) is 15.7 Å². The van der Waals surface area contributed by atoms with E-state index in [2.05, 4.69) is 19.2 Å². The Bertz CT molecular complexity index is 757. The zero-order valence-corrected chi connectivity index (χ0v) is 17.8. The van der Waals surface area contributed by atoms with E-state index in [-0.39, 0.29) is 30.0 Å². The van der Waals surface area contributed by atoms with Crippen LogP contribution in [0.3, 0.4) is 0 Å². The normalized spacial score (nSPS) is 35.1. The predicted molar refractivity (Wildman–Crippen MR) is 109 cm³/mol. The van der Waals surface area contributed by atoms with Crippen molar-refractivity contribution in [2.75, 3.05) is 0 Å². The minimum atomic E-state index is -4.35. The van der Waals surface area contributed by atoms with Gasteiger partial charge in [-0.1, -0.05) is 38.3 Å². The van der Waals surface area contributed by atoms with E-state index in [1.54, 1.807) is 0 Å². The lowest BCUT2D eigenvalue weighted by molar-refractivity contribution is -0.155. The van der Waals surface area contributed by atoms with Crippen molar-refractivity contribution in [3.63, 3.8) is 0 Å². The van der Waals surface area contributed by atoms with Crippen molar-refractivity contribution in [1.82, 2.24) is 5.32 Å². The molecule has 0 radical (unpaired) electrons. The van der Waals surface area contributed by atoms with Crippen LogP contribution >= 0.6 is 0 Å². The van der Waals surface area contributed by atoms with Crippen LogP contribution < -0.4 is 5.32 Å². The third-order valence-corrected chi connectivity index (χ3v) is 7.57. The highest BCUT2D eigenvalue weighted by Gasteiger charge is 2.50. The molecule has 5 atom stereocenters. The van der Waals surface area contributed by atoms with E-state index >= 15 is 0 Å². The first-order chi connectivity index (χ1) is 14.2. The predicted octanol–water partition coefficient (Wildman–Crippen LogP) is 6.04. The molecule has 1 saturated heterocycles. The third kappa shape index (κ3) is 4.39. The number of carbonyl (C=O) groups is 1. The Morgan fingerprint density at radius 2 is 1.77 bits per heavy atom. The van der Waals surface area contributed by atoms with E-state index in [0.29, 0.717) is 12.3 Å². The molecule has 0 bridgehead atoms. The highest BCUT2D eigenvalue weighted by molar-refractivity contribution is 5.79. The molecule has 4 rings (SSSR count). The summed E-state index contributed by atoms with van der Waals surface area (Å²) in [7, 11) is 0.